The van der Waals surface area contributed by atoms with Crippen molar-refractivity contribution in [3.8, 4) is 5.75 Å². The van der Waals surface area contributed by atoms with Gasteiger partial charge in [0.15, 0.2) is 0 Å². The molecule has 0 aliphatic rings. The topological polar surface area (TPSA) is 22.1 Å². The standard InChI is InChI=1S/C8H8ClF2NO.C2H6/c1-5-7(13-4-8(10)11)2-6(9)3-12-5;1-2/h2-3,8H,4H2,1H3;1-2H3. The Balaban J connectivity index is 0.000000921. The van der Waals surface area contributed by atoms with E-state index in [4.69, 9.17) is 16.3 Å². The molecule has 0 N–H and O–H groups in total. The molecule has 15 heavy (non-hydrogen) atoms. The highest BCUT2D eigenvalue weighted by Crippen LogP contribution is 2.20. The Morgan fingerprint density at radius 1 is 1.47 bits per heavy atom. The SMILES string of the molecule is CC.Cc1ncc(Cl)cc1OCC(F)F. The fourth-order valence-electron chi connectivity index (χ4n) is 0.788. The van der Waals surface area contributed by atoms with E-state index in [1.807, 2.05) is 13.8 Å². The van der Waals surface area contributed by atoms with Gasteiger partial charge in [0.1, 0.15) is 12.4 Å². The monoisotopic (exact) mass is 237 g/mol. The van der Waals surface area contributed by atoms with Crippen LogP contribution in [-0.2, 0) is 0 Å². The molecule has 0 aliphatic carbocycles. The zero-order valence-corrected chi connectivity index (χ0v) is 9.68. The van der Waals surface area contributed by atoms with Crippen LogP contribution in [0.2, 0.25) is 5.02 Å². The van der Waals surface area contributed by atoms with Gasteiger partial charge in [-0.3, -0.25) is 4.98 Å². The summed E-state index contributed by atoms with van der Waals surface area (Å²) >= 11 is 5.60. The van der Waals surface area contributed by atoms with E-state index in [9.17, 15) is 8.78 Å². The highest BCUT2D eigenvalue weighted by Gasteiger charge is 2.06. The number of aryl methyl sites for hydroxylation is 1. The number of alkyl halides is 2. The molecule has 0 amide bonds. The van der Waals surface area contributed by atoms with E-state index in [2.05, 4.69) is 4.98 Å². The Labute approximate surface area is 93.2 Å². The third-order valence-electron chi connectivity index (χ3n) is 1.37. The summed E-state index contributed by atoms with van der Waals surface area (Å²) in [4.78, 5) is 3.85. The van der Waals surface area contributed by atoms with Gasteiger partial charge in [0, 0.05) is 12.3 Å². The Bertz CT molecular complexity index is 295. The Kier molecular flexibility index (Phi) is 6.96. The number of hydrogen-bond acceptors (Lipinski definition) is 2. The van der Waals surface area contributed by atoms with Crippen molar-refractivity contribution in [1.29, 1.82) is 0 Å². The molecule has 2 nitrogen and oxygen atoms in total. The lowest BCUT2D eigenvalue weighted by molar-refractivity contribution is 0.0813. The van der Waals surface area contributed by atoms with Crippen molar-refractivity contribution >= 4 is 11.6 Å². The van der Waals surface area contributed by atoms with Crippen molar-refractivity contribution in [2.24, 2.45) is 0 Å². The second-order valence-electron chi connectivity index (χ2n) is 2.44. The van der Waals surface area contributed by atoms with Crippen LogP contribution in [0.1, 0.15) is 19.5 Å². The van der Waals surface area contributed by atoms with Crippen molar-refractivity contribution in [3.05, 3.63) is 23.0 Å². The fourth-order valence-corrected chi connectivity index (χ4v) is 0.936. The van der Waals surface area contributed by atoms with E-state index in [1.165, 1.54) is 12.3 Å². The number of ether oxygens (including phenoxy) is 1. The van der Waals surface area contributed by atoms with E-state index >= 15 is 0 Å². The highest BCUT2D eigenvalue weighted by molar-refractivity contribution is 6.30. The molecule has 0 aromatic carbocycles. The first-order valence-corrected chi connectivity index (χ1v) is 5.00. The van der Waals surface area contributed by atoms with Gasteiger partial charge in [0.25, 0.3) is 6.43 Å². The predicted octanol–water partition coefficient (Wildman–Crippen LogP) is 3.71. The van der Waals surface area contributed by atoms with Gasteiger partial charge in [0.05, 0.1) is 10.7 Å². The van der Waals surface area contributed by atoms with Crippen molar-refractivity contribution in [1.82, 2.24) is 4.98 Å². The van der Waals surface area contributed by atoms with E-state index in [0.29, 0.717) is 16.5 Å². The molecule has 1 rings (SSSR count). The first-order chi connectivity index (χ1) is 7.09. The van der Waals surface area contributed by atoms with E-state index in [1.54, 1.807) is 6.92 Å². The van der Waals surface area contributed by atoms with Crippen molar-refractivity contribution in [2.75, 3.05) is 6.61 Å². The van der Waals surface area contributed by atoms with E-state index in [-0.39, 0.29) is 0 Å². The van der Waals surface area contributed by atoms with Crippen LogP contribution in [0.25, 0.3) is 0 Å². The minimum absolute atomic E-state index is 0.299. The number of rotatable bonds is 3. The van der Waals surface area contributed by atoms with Crippen LogP contribution >= 0.6 is 11.6 Å². The van der Waals surface area contributed by atoms with Crippen molar-refractivity contribution in [2.45, 2.75) is 27.2 Å². The maximum atomic E-state index is 11.8. The van der Waals surface area contributed by atoms with Crippen LogP contribution in [0.5, 0.6) is 5.75 Å². The third-order valence-corrected chi connectivity index (χ3v) is 1.58. The average molecular weight is 238 g/mol. The first-order valence-electron chi connectivity index (χ1n) is 4.62. The van der Waals surface area contributed by atoms with Gasteiger partial charge in [-0.2, -0.15) is 0 Å². The smallest absolute Gasteiger partial charge is 0.272 e. The van der Waals surface area contributed by atoms with Crippen LogP contribution < -0.4 is 4.74 Å². The number of nitrogens with zero attached hydrogens (tertiary/aromatic N) is 1. The summed E-state index contributed by atoms with van der Waals surface area (Å²) in [6, 6.07) is 1.46. The number of hydrogen-bond donors (Lipinski definition) is 0. The zero-order valence-electron chi connectivity index (χ0n) is 8.93. The summed E-state index contributed by atoms with van der Waals surface area (Å²) in [6.45, 7) is 5.03. The molecular formula is C10H14ClF2NO. The molecule has 0 unspecified atom stereocenters. The second-order valence-corrected chi connectivity index (χ2v) is 2.88. The van der Waals surface area contributed by atoms with Gasteiger partial charge in [0.2, 0.25) is 0 Å². The molecule has 1 aromatic rings. The van der Waals surface area contributed by atoms with Crippen LogP contribution in [0, 0.1) is 6.92 Å². The quantitative estimate of drug-likeness (QED) is 0.800. The summed E-state index contributed by atoms with van der Waals surface area (Å²) in [5, 5.41) is 0.370. The molecule has 1 heterocycles. The maximum Gasteiger partial charge on any atom is 0.272 e. The molecule has 0 saturated carbocycles. The van der Waals surface area contributed by atoms with E-state index in [0.717, 1.165) is 0 Å². The molecule has 0 spiro atoms. The van der Waals surface area contributed by atoms with Gasteiger partial charge in [-0.05, 0) is 6.92 Å². The molecule has 1 aromatic heterocycles. The van der Waals surface area contributed by atoms with E-state index < -0.39 is 13.0 Å². The van der Waals surface area contributed by atoms with Crippen LogP contribution in [0.15, 0.2) is 12.3 Å². The second kappa shape index (κ2) is 7.40. The Morgan fingerprint density at radius 2 is 2.07 bits per heavy atom. The van der Waals surface area contributed by atoms with Crippen molar-refractivity contribution < 1.29 is 13.5 Å². The summed E-state index contributed by atoms with van der Waals surface area (Å²) in [5.41, 5.74) is 0.546. The average Bonchev–Trinajstić information content (AvgIpc) is 2.22. The van der Waals surface area contributed by atoms with Gasteiger partial charge in [-0.1, -0.05) is 25.4 Å². The van der Waals surface area contributed by atoms with Crippen LogP contribution in [0.4, 0.5) is 8.78 Å². The summed E-state index contributed by atoms with van der Waals surface area (Å²) in [5.74, 6) is 0.299. The number of aromatic nitrogens is 1. The lowest BCUT2D eigenvalue weighted by Crippen LogP contribution is -2.08. The van der Waals surface area contributed by atoms with Gasteiger partial charge in [-0.25, -0.2) is 8.78 Å². The summed E-state index contributed by atoms with van der Waals surface area (Å²) < 4.78 is 28.3. The lowest BCUT2D eigenvalue weighted by atomic mass is 10.3. The largest absolute Gasteiger partial charge is 0.486 e. The fraction of sp³-hybridized carbons (Fsp3) is 0.500. The molecule has 0 radical (unpaired) electrons. The van der Waals surface area contributed by atoms with Crippen LogP contribution in [0.3, 0.4) is 0 Å². The zero-order chi connectivity index (χ0) is 11.8. The minimum Gasteiger partial charge on any atom is -0.486 e. The molecule has 0 atom stereocenters. The molecule has 0 aliphatic heterocycles. The van der Waals surface area contributed by atoms with Gasteiger partial charge >= 0.3 is 0 Å². The van der Waals surface area contributed by atoms with Crippen molar-refractivity contribution in [3.63, 3.8) is 0 Å². The first kappa shape index (κ1) is 14.1. The number of pyridine rings is 1. The molecule has 86 valence electrons. The molecule has 5 heteroatoms. The van der Waals surface area contributed by atoms with Crippen LogP contribution in [-0.4, -0.2) is 18.0 Å². The van der Waals surface area contributed by atoms with Gasteiger partial charge < -0.3 is 4.74 Å². The predicted molar refractivity (Wildman–Crippen MR) is 56.8 cm³/mol. The maximum absolute atomic E-state index is 11.8. The molecular weight excluding hydrogens is 224 g/mol. The Hall–Kier alpha value is -0.900. The minimum atomic E-state index is -2.49. The molecule has 0 bridgehead atoms. The molecule has 0 fully saturated rings. The normalized spacial score (nSPS) is 9.53. The molecule has 0 saturated heterocycles. The summed E-state index contributed by atoms with van der Waals surface area (Å²) in [6.07, 6.45) is -1.05. The highest BCUT2D eigenvalue weighted by atomic mass is 35.5. The Morgan fingerprint density at radius 3 is 2.60 bits per heavy atom. The number of halogens is 3. The summed E-state index contributed by atoms with van der Waals surface area (Å²) in [7, 11) is 0. The lowest BCUT2D eigenvalue weighted by Gasteiger charge is -2.07. The van der Waals surface area contributed by atoms with Gasteiger partial charge in [-0.15, -0.1) is 0 Å². The third kappa shape index (κ3) is 5.52.